The summed E-state index contributed by atoms with van der Waals surface area (Å²) in [7, 11) is 0. The number of phenolic OH excluding ortho intramolecular Hbond substituents is 1. The summed E-state index contributed by atoms with van der Waals surface area (Å²) in [6.07, 6.45) is 14.4. The summed E-state index contributed by atoms with van der Waals surface area (Å²) in [5.74, 6) is 7.78. The summed E-state index contributed by atoms with van der Waals surface area (Å²) in [5, 5.41) is 47.7. The van der Waals surface area contributed by atoms with Crippen molar-refractivity contribution in [3.05, 3.63) is 82.5 Å². The molecule has 0 saturated carbocycles. The second-order valence-corrected chi connectivity index (χ2v) is 13.9. The molecule has 0 saturated heterocycles. The average molecular weight is 642 g/mol. The molecule has 0 bridgehead atoms. The van der Waals surface area contributed by atoms with Crippen molar-refractivity contribution in [3.63, 3.8) is 0 Å². The van der Waals surface area contributed by atoms with Crippen molar-refractivity contribution in [2.75, 3.05) is 13.2 Å². The van der Waals surface area contributed by atoms with Crippen LogP contribution in [0.25, 0.3) is 0 Å². The van der Waals surface area contributed by atoms with Crippen LogP contribution in [0.15, 0.2) is 65.7 Å². The Morgan fingerprint density at radius 1 is 1.11 bits per heavy atom. The number of aryl methyl sites for hydroxylation is 1. The van der Waals surface area contributed by atoms with Crippen molar-refractivity contribution < 1.29 is 25.2 Å². The van der Waals surface area contributed by atoms with E-state index in [0.717, 1.165) is 67.3 Å². The number of nitrogens with two attached hydrogens (primary N) is 1. The van der Waals surface area contributed by atoms with Crippen LogP contribution in [0.4, 0.5) is 0 Å². The van der Waals surface area contributed by atoms with Gasteiger partial charge < -0.3 is 41.2 Å². The third-order valence-electron chi connectivity index (χ3n) is 10.8. The van der Waals surface area contributed by atoms with Crippen LogP contribution in [0.3, 0.4) is 0 Å². The molecule has 0 spiro atoms. The number of nitrogens with one attached hydrogen (secondary N) is 2. The number of rotatable bonds is 9. The quantitative estimate of drug-likeness (QED) is 0.152. The van der Waals surface area contributed by atoms with Crippen molar-refractivity contribution in [1.29, 1.82) is 0 Å². The molecule has 8 heteroatoms. The van der Waals surface area contributed by atoms with Gasteiger partial charge in [-0.2, -0.15) is 0 Å². The van der Waals surface area contributed by atoms with Gasteiger partial charge in [0.05, 0.1) is 24.6 Å². The molecule has 2 aromatic rings. The highest BCUT2D eigenvalue weighted by atomic mass is 16.5. The Balaban J connectivity index is 1.27. The van der Waals surface area contributed by atoms with E-state index in [0.29, 0.717) is 43.3 Å². The molecule has 8 nitrogen and oxygen atoms in total. The van der Waals surface area contributed by atoms with Gasteiger partial charge in [-0.25, -0.2) is 0 Å². The molecule has 0 unspecified atom stereocenters. The minimum atomic E-state index is -0.718. The molecule has 8 atom stereocenters. The van der Waals surface area contributed by atoms with E-state index < -0.39 is 18.3 Å². The largest absolute Gasteiger partial charge is 0.504 e. The number of aromatic nitrogens is 1. The predicted octanol–water partition coefficient (Wildman–Crippen LogP) is 4.96. The number of aromatic hydroxyl groups is 1. The Kier molecular flexibility index (Phi) is 10.7. The van der Waals surface area contributed by atoms with Gasteiger partial charge in [-0.05, 0) is 104 Å². The summed E-state index contributed by atoms with van der Waals surface area (Å²) in [4.78, 5) is 3.29. The Bertz CT molecular complexity index is 1530. The van der Waals surface area contributed by atoms with Crippen LogP contribution in [0.5, 0.6) is 11.5 Å². The monoisotopic (exact) mass is 641 g/mol. The number of fused-ring (bicyclic) bond motifs is 4. The molecular weight excluding hydrogens is 590 g/mol. The van der Waals surface area contributed by atoms with Gasteiger partial charge in [0.15, 0.2) is 11.5 Å². The van der Waals surface area contributed by atoms with E-state index in [9.17, 15) is 20.4 Å². The second kappa shape index (κ2) is 15.1. The summed E-state index contributed by atoms with van der Waals surface area (Å²) >= 11 is 0. The molecular formula is C39H51N3O5. The molecule has 3 aliphatic carbocycles. The van der Waals surface area contributed by atoms with Crippen LogP contribution in [0.1, 0.15) is 81.0 Å². The number of benzene rings is 1. The van der Waals surface area contributed by atoms with Gasteiger partial charge in [0.1, 0.15) is 6.10 Å². The first-order chi connectivity index (χ1) is 22.8. The molecule has 2 heterocycles. The predicted molar refractivity (Wildman–Crippen MR) is 183 cm³/mol. The first-order valence-electron chi connectivity index (χ1n) is 17.6. The number of phenols is 1. The zero-order valence-electron chi connectivity index (χ0n) is 27.5. The normalized spacial score (nSPS) is 28.6. The SMILES string of the molecule is CC[C@H]1C#C[C@H]2C=C3CCc4cc(O)c(O[C@H](CO)C[C@H](Cc5ccc[nH]5)C5=CCNC(N)=C5)cc4[C@@H]3C[C@@H](O)[C@H]2[C@@H](O)CCCC1. The minimum Gasteiger partial charge on any atom is -0.504 e. The number of hydrogen-bond donors (Lipinski definition) is 7. The fourth-order valence-corrected chi connectivity index (χ4v) is 8.15. The van der Waals surface area contributed by atoms with E-state index in [-0.39, 0.29) is 36.0 Å². The Labute approximate surface area is 278 Å². The molecule has 4 aliphatic rings. The molecule has 8 N–H and O–H groups in total. The fourth-order valence-electron chi connectivity index (χ4n) is 8.15. The minimum absolute atomic E-state index is 0.0301. The van der Waals surface area contributed by atoms with Crippen molar-refractivity contribution in [2.45, 2.75) is 95.4 Å². The molecule has 1 aliphatic heterocycles. The van der Waals surface area contributed by atoms with Crippen LogP contribution in [0, 0.1) is 35.5 Å². The zero-order valence-corrected chi connectivity index (χ0v) is 27.5. The van der Waals surface area contributed by atoms with Gasteiger partial charge in [0, 0.05) is 42.1 Å². The Hall–Kier alpha value is -3.64. The number of aliphatic hydroxyl groups is 3. The Morgan fingerprint density at radius 3 is 2.72 bits per heavy atom. The number of ether oxygens (including phenoxy) is 1. The van der Waals surface area contributed by atoms with Crippen LogP contribution in [0.2, 0.25) is 0 Å². The standard InChI is InChI=1S/C39H51N3O5/c1-2-24-6-3-4-8-34(44)39-28(10-9-24)16-26-11-12-27-19-35(45)37(22-33(27)32(26)21-36(39)46)47-31(23-43)18-29(17-30-7-5-14-41-30)25-13-15-42-38(40)20-25/h5,7,13-14,16,19-20,22,24,28-29,31-32,34,36,39,41-46H,2-4,6,8,11-12,15,17-18,21,23,40H2,1H3/t24-,28+,29+,31+,32-,34+,36-,39-/m1/s1. The van der Waals surface area contributed by atoms with Gasteiger partial charge in [-0.1, -0.05) is 49.3 Å². The molecule has 0 amide bonds. The lowest BCUT2D eigenvalue weighted by atomic mass is 9.76. The summed E-state index contributed by atoms with van der Waals surface area (Å²) in [5.41, 5.74) is 11.6. The molecule has 0 fully saturated rings. The van der Waals surface area contributed by atoms with E-state index in [1.54, 1.807) is 6.07 Å². The molecule has 1 aromatic heterocycles. The van der Waals surface area contributed by atoms with E-state index in [1.807, 2.05) is 30.5 Å². The third-order valence-corrected chi connectivity index (χ3v) is 10.8. The maximum atomic E-state index is 11.7. The van der Waals surface area contributed by atoms with Crippen molar-refractivity contribution in [3.8, 4) is 23.3 Å². The first-order valence-corrected chi connectivity index (χ1v) is 17.6. The number of hydrogen-bond acceptors (Lipinski definition) is 7. The van der Waals surface area contributed by atoms with E-state index >= 15 is 0 Å². The molecule has 1 aromatic carbocycles. The van der Waals surface area contributed by atoms with Crippen molar-refractivity contribution in [2.24, 2.45) is 29.4 Å². The summed E-state index contributed by atoms with van der Waals surface area (Å²) in [6.45, 7) is 2.61. The highest BCUT2D eigenvalue weighted by Crippen LogP contribution is 2.47. The van der Waals surface area contributed by atoms with E-state index in [2.05, 4.69) is 41.2 Å². The number of aromatic amines is 1. The lowest BCUT2D eigenvalue weighted by Gasteiger charge is -2.32. The van der Waals surface area contributed by atoms with Crippen LogP contribution >= 0.6 is 0 Å². The second-order valence-electron chi connectivity index (χ2n) is 13.9. The van der Waals surface area contributed by atoms with Crippen LogP contribution in [-0.4, -0.2) is 56.9 Å². The van der Waals surface area contributed by atoms with Crippen molar-refractivity contribution >= 4 is 0 Å². The lowest BCUT2D eigenvalue weighted by Crippen LogP contribution is -2.37. The number of allylic oxidation sites excluding steroid dienone is 4. The number of dihydropyridines is 1. The maximum absolute atomic E-state index is 11.7. The first kappa shape index (κ1) is 33.3. The lowest BCUT2D eigenvalue weighted by molar-refractivity contribution is -0.00724. The van der Waals surface area contributed by atoms with E-state index in [1.165, 1.54) is 5.57 Å². The third kappa shape index (κ3) is 7.75. The zero-order chi connectivity index (χ0) is 32.9. The fraction of sp³-hybridized carbons (Fsp3) is 0.538. The van der Waals surface area contributed by atoms with E-state index in [4.69, 9.17) is 10.5 Å². The molecule has 6 rings (SSSR count). The number of H-pyrrole nitrogens is 1. The van der Waals surface area contributed by atoms with Gasteiger partial charge in [0.25, 0.3) is 0 Å². The average Bonchev–Trinajstić information content (AvgIpc) is 3.53. The highest BCUT2D eigenvalue weighted by Gasteiger charge is 2.40. The number of aliphatic hydroxyl groups excluding tert-OH is 3. The smallest absolute Gasteiger partial charge is 0.161 e. The van der Waals surface area contributed by atoms with Gasteiger partial charge in [0.2, 0.25) is 0 Å². The van der Waals surface area contributed by atoms with Crippen LogP contribution in [-0.2, 0) is 12.8 Å². The Morgan fingerprint density at radius 2 is 1.96 bits per heavy atom. The topological polar surface area (TPSA) is 144 Å². The molecule has 0 radical (unpaired) electrons. The summed E-state index contributed by atoms with van der Waals surface area (Å²) in [6, 6.07) is 7.73. The highest BCUT2D eigenvalue weighted by molar-refractivity contribution is 5.52. The van der Waals surface area contributed by atoms with Crippen LogP contribution < -0.4 is 15.8 Å². The molecule has 252 valence electrons. The van der Waals surface area contributed by atoms with Gasteiger partial charge >= 0.3 is 0 Å². The van der Waals surface area contributed by atoms with Gasteiger partial charge in [-0.15, -0.1) is 0 Å². The van der Waals surface area contributed by atoms with Gasteiger partial charge in [-0.3, -0.25) is 0 Å². The van der Waals surface area contributed by atoms with Crippen molar-refractivity contribution in [1.82, 2.24) is 10.3 Å². The maximum Gasteiger partial charge on any atom is 0.161 e. The molecule has 47 heavy (non-hydrogen) atoms. The summed E-state index contributed by atoms with van der Waals surface area (Å²) < 4.78 is 6.41.